The maximum Gasteiger partial charge on any atom is 0.217 e. The van der Waals surface area contributed by atoms with Gasteiger partial charge in [-0.05, 0) is 38.1 Å². The normalized spacial score (nSPS) is 12.1. The smallest absolute Gasteiger partial charge is 0.217 e. The van der Waals surface area contributed by atoms with E-state index in [1.165, 1.54) is 0 Å². The highest BCUT2D eigenvalue weighted by Gasteiger charge is 2.12. The van der Waals surface area contributed by atoms with E-state index in [-0.39, 0.29) is 11.8 Å². The van der Waals surface area contributed by atoms with Gasteiger partial charge in [-0.2, -0.15) is 0 Å². The maximum absolute atomic E-state index is 9.94. The van der Waals surface area contributed by atoms with Crippen molar-refractivity contribution in [2.24, 2.45) is 0 Å². The zero-order valence-electron chi connectivity index (χ0n) is 12.1. The highest BCUT2D eigenvalue weighted by atomic mass is 79.9. The molecule has 21 heavy (non-hydrogen) atoms. The molecule has 0 saturated heterocycles. The molecule has 1 aromatic heterocycles. The van der Waals surface area contributed by atoms with Crippen molar-refractivity contribution in [1.82, 2.24) is 10.3 Å². The number of nitrogens with one attached hydrogen (secondary N) is 1. The molecule has 2 rings (SSSR count). The monoisotopic (exact) mass is 350 g/mol. The van der Waals surface area contributed by atoms with Gasteiger partial charge < -0.3 is 15.2 Å². The number of nitrogens with zero attached hydrogens (tertiary/aromatic N) is 1. The molecule has 0 aliphatic carbocycles. The summed E-state index contributed by atoms with van der Waals surface area (Å²) in [7, 11) is 0. The Morgan fingerprint density at radius 2 is 2.19 bits per heavy atom. The van der Waals surface area contributed by atoms with Crippen LogP contribution in [0.5, 0.6) is 11.6 Å². The number of rotatable bonds is 6. The van der Waals surface area contributed by atoms with Gasteiger partial charge >= 0.3 is 0 Å². The first-order valence-corrected chi connectivity index (χ1v) is 7.69. The molecule has 0 radical (unpaired) electrons. The first-order valence-electron chi connectivity index (χ1n) is 6.90. The van der Waals surface area contributed by atoms with Gasteiger partial charge in [0.2, 0.25) is 5.88 Å². The Bertz CT molecular complexity index is 605. The molecule has 0 unspecified atom stereocenters. The molecule has 0 aliphatic rings. The summed E-state index contributed by atoms with van der Waals surface area (Å²) in [4.78, 5) is 4.23. The van der Waals surface area contributed by atoms with Gasteiger partial charge in [0.15, 0.2) is 0 Å². The average molecular weight is 351 g/mol. The fraction of sp³-hybridized carbons (Fsp3) is 0.312. The maximum atomic E-state index is 9.94. The average Bonchev–Trinajstić information content (AvgIpc) is 2.49. The van der Waals surface area contributed by atoms with Crippen molar-refractivity contribution in [2.45, 2.75) is 26.4 Å². The minimum Gasteiger partial charge on any atom is -0.508 e. The van der Waals surface area contributed by atoms with Crippen LogP contribution in [0.15, 0.2) is 41.0 Å². The van der Waals surface area contributed by atoms with E-state index in [4.69, 9.17) is 4.74 Å². The van der Waals surface area contributed by atoms with Crippen molar-refractivity contribution in [2.75, 3.05) is 6.61 Å². The second-order valence-electron chi connectivity index (χ2n) is 4.71. The lowest BCUT2D eigenvalue weighted by molar-refractivity contribution is 0.321. The van der Waals surface area contributed by atoms with E-state index in [1.54, 1.807) is 12.3 Å². The van der Waals surface area contributed by atoms with Crippen molar-refractivity contribution in [3.05, 3.63) is 52.1 Å². The van der Waals surface area contributed by atoms with Crippen LogP contribution in [0.3, 0.4) is 0 Å². The van der Waals surface area contributed by atoms with Crippen LogP contribution in [-0.4, -0.2) is 16.7 Å². The minimum atomic E-state index is 0.0113. The molecule has 5 heteroatoms. The number of halogens is 1. The number of phenolic OH excluding ortho intramolecular Hbond substituents is 1. The van der Waals surface area contributed by atoms with Crippen molar-refractivity contribution in [3.63, 3.8) is 0 Å². The van der Waals surface area contributed by atoms with Gasteiger partial charge in [0.25, 0.3) is 0 Å². The van der Waals surface area contributed by atoms with E-state index in [0.717, 1.165) is 15.6 Å². The van der Waals surface area contributed by atoms with Gasteiger partial charge in [-0.1, -0.05) is 22.0 Å². The van der Waals surface area contributed by atoms with E-state index >= 15 is 0 Å². The van der Waals surface area contributed by atoms with Crippen LogP contribution in [0.25, 0.3) is 0 Å². The van der Waals surface area contributed by atoms with Crippen LogP contribution < -0.4 is 10.1 Å². The molecule has 0 spiro atoms. The van der Waals surface area contributed by atoms with Crippen LogP contribution in [0.2, 0.25) is 0 Å². The number of aromatic hydroxyl groups is 1. The SMILES string of the molecule is CCOc1ncccc1CN[C@H](C)c1cc(Br)ccc1O. The Labute approximate surface area is 133 Å². The fourth-order valence-electron chi connectivity index (χ4n) is 2.07. The topological polar surface area (TPSA) is 54.4 Å². The minimum absolute atomic E-state index is 0.0113. The molecule has 2 N–H and O–H groups in total. The molecule has 1 aromatic carbocycles. The Kier molecular flexibility index (Phi) is 5.59. The lowest BCUT2D eigenvalue weighted by Crippen LogP contribution is -2.19. The van der Waals surface area contributed by atoms with E-state index in [1.807, 2.05) is 38.1 Å². The molecule has 0 bridgehead atoms. The van der Waals surface area contributed by atoms with Crippen LogP contribution in [0, 0.1) is 0 Å². The lowest BCUT2D eigenvalue weighted by atomic mass is 10.1. The predicted octanol–water partition coefficient (Wildman–Crippen LogP) is 3.80. The zero-order valence-corrected chi connectivity index (χ0v) is 13.7. The van der Waals surface area contributed by atoms with Crippen LogP contribution >= 0.6 is 15.9 Å². The summed E-state index contributed by atoms with van der Waals surface area (Å²) in [6.07, 6.45) is 1.72. The molecule has 0 amide bonds. The number of aromatic nitrogens is 1. The van der Waals surface area contributed by atoms with Gasteiger partial charge in [0.05, 0.1) is 6.61 Å². The largest absolute Gasteiger partial charge is 0.508 e. The molecule has 1 atom stereocenters. The van der Waals surface area contributed by atoms with Gasteiger partial charge in [-0.3, -0.25) is 0 Å². The fourth-order valence-corrected chi connectivity index (χ4v) is 2.45. The molecular formula is C16H19BrN2O2. The third-order valence-electron chi connectivity index (χ3n) is 3.19. The summed E-state index contributed by atoms with van der Waals surface area (Å²) in [5.74, 6) is 0.938. The van der Waals surface area contributed by atoms with E-state index in [0.29, 0.717) is 19.0 Å². The number of benzene rings is 1. The van der Waals surface area contributed by atoms with Crippen molar-refractivity contribution >= 4 is 15.9 Å². The lowest BCUT2D eigenvalue weighted by Gasteiger charge is -2.17. The van der Waals surface area contributed by atoms with E-state index < -0.39 is 0 Å². The predicted molar refractivity (Wildman–Crippen MR) is 86.5 cm³/mol. The summed E-state index contributed by atoms with van der Waals surface area (Å²) in [5.41, 5.74) is 1.85. The third kappa shape index (κ3) is 4.19. The zero-order chi connectivity index (χ0) is 15.2. The quantitative estimate of drug-likeness (QED) is 0.831. The van der Waals surface area contributed by atoms with Crippen molar-refractivity contribution < 1.29 is 9.84 Å². The molecule has 1 heterocycles. The van der Waals surface area contributed by atoms with Crippen molar-refractivity contribution in [3.8, 4) is 11.6 Å². The Morgan fingerprint density at radius 3 is 2.95 bits per heavy atom. The molecule has 0 saturated carbocycles. The van der Waals surface area contributed by atoms with Crippen LogP contribution in [0.1, 0.15) is 31.0 Å². The van der Waals surface area contributed by atoms with E-state index in [2.05, 4.69) is 26.2 Å². The summed E-state index contributed by atoms with van der Waals surface area (Å²) in [5, 5.41) is 13.3. The number of hydrogen-bond acceptors (Lipinski definition) is 4. The highest BCUT2D eigenvalue weighted by Crippen LogP contribution is 2.27. The second kappa shape index (κ2) is 7.43. The van der Waals surface area contributed by atoms with Gasteiger partial charge in [-0.15, -0.1) is 0 Å². The highest BCUT2D eigenvalue weighted by molar-refractivity contribution is 9.10. The number of pyridine rings is 1. The molecule has 112 valence electrons. The number of phenols is 1. The first kappa shape index (κ1) is 15.8. The first-order chi connectivity index (χ1) is 10.1. The molecule has 0 fully saturated rings. The molecule has 2 aromatic rings. The number of hydrogen-bond donors (Lipinski definition) is 2. The van der Waals surface area contributed by atoms with Crippen LogP contribution in [-0.2, 0) is 6.54 Å². The van der Waals surface area contributed by atoms with E-state index in [9.17, 15) is 5.11 Å². The summed E-state index contributed by atoms with van der Waals surface area (Å²) in [6.45, 7) is 5.16. The summed E-state index contributed by atoms with van der Waals surface area (Å²) in [6, 6.07) is 9.31. The Morgan fingerprint density at radius 1 is 1.38 bits per heavy atom. The standard InChI is InChI=1S/C16H19BrN2O2/c1-3-21-16-12(5-4-8-18-16)10-19-11(2)14-9-13(17)6-7-15(14)20/h4-9,11,19-20H,3,10H2,1-2H3/t11-/m1/s1. The summed E-state index contributed by atoms with van der Waals surface area (Å²) < 4.78 is 6.45. The van der Waals surface area contributed by atoms with Gasteiger partial charge in [-0.25, -0.2) is 4.98 Å². The molecular weight excluding hydrogens is 332 g/mol. The van der Waals surface area contributed by atoms with Crippen molar-refractivity contribution in [1.29, 1.82) is 0 Å². The van der Waals surface area contributed by atoms with Gasteiger partial charge in [0, 0.05) is 34.4 Å². The summed E-state index contributed by atoms with van der Waals surface area (Å²) >= 11 is 3.42. The second-order valence-corrected chi connectivity index (χ2v) is 5.62. The molecule has 4 nitrogen and oxygen atoms in total. The Balaban J connectivity index is 2.07. The molecule has 0 aliphatic heterocycles. The third-order valence-corrected chi connectivity index (χ3v) is 3.68. The van der Waals surface area contributed by atoms with Gasteiger partial charge in [0.1, 0.15) is 5.75 Å². The Hall–Kier alpha value is -1.59. The number of ether oxygens (including phenoxy) is 1. The van der Waals surface area contributed by atoms with Crippen LogP contribution in [0.4, 0.5) is 0 Å².